The topological polar surface area (TPSA) is 81.7 Å². The highest BCUT2D eigenvalue weighted by Gasteiger charge is 2.36. The van der Waals surface area contributed by atoms with Crippen LogP contribution >= 0.6 is 0 Å². The van der Waals surface area contributed by atoms with Crippen molar-refractivity contribution in [2.75, 3.05) is 26.2 Å². The third kappa shape index (κ3) is 6.28. The maximum absolute atomic E-state index is 13.4. The van der Waals surface area contributed by atoms with Crippen LogP contribution in [-0.4, -0.2) is 69.8 Å². The van der Waals surface area contributed by atoms with Crippen molar-refractivity contribution in [3.63, 3.8) is 0 Å². The summed E-state index contributed by atoms with van der Waals surface area (Å²) >= 11 is 0. The van der Waals surface area contributed by atoms with E-state index in [1.165, 1.54) is 12.1 Å². The van der Waals surface area contributed by atoms with E-state index in [0.29, 0.717) is 39.0 Å². The highest BCUT2D eigenvalue weighted by atomic mass is 19.4. The van der Waals surface area contributed by atoms with Crippen molar-refractivity contribution < 1.29 is 27.8 Å². The van der Waals surface area contributed by atoms with Crippen LogP contribution < -0.4 is 4.74 Å². The molecule has 2 amide bonds. The molecule has 3 heterocycles. The predicted molar refractivity (Wildman–Crippen MR) is 124 cm³/mol. The number of carbonyl (C=O) groups is 1. The highest BCUT2D eigenvalue weighted by molar-refractivity contribution is 5.75. The number of nitrogens with one attached hydrogen (secondary N) is 1. The van der Waals surface area contributed by atoms with Gasteiger partial charge in [0.1, 0.15) is 5.75 Å². The van der Waals surface area contributed by atoms with Crippen LogP contribution in [0.4, 0.5) is 18.0 Å². The minimum Gasteiger partial charge on any atom is -0.406 e. The number of ether oxygens (including phenoxy) is 1. The Morgan fingerprint density at radius 1 is 1.06 bits per heavy atom. The lowest BCUT2D eigenvalue weighted by Crippen LogP contribution is -2.51. The third-order valence-electron chi connectivity index (χ3n) is 6.85. The van der Waals surface area contributed by atoms with E-state index in [1.54, 1.807) is 17.0 Å². The second kappa shape index (κ2) is 9.72. The number of likely N-dealkylation sites (tertiary alicyclic amines) is 2. The molecule has 0 bridgehead atoms. The van der Waals surface area contributed by atoms with Crippen molar-refractivity contribution >= 4 is 6.03 Å². The smallest absolute Gasteiger partial charge is 0.406 e. The molecule has 0 radical (unpaired) electrons. The zero-order chi connectivity index (χ0) is 25.4. The average Bonchev–Trinajstić information content (AvgIpc) is 3.29. The van der Waals surface area contributed by atoms with Gasteiger partial charge in [0.2, 0.25) is 0 Å². The summed E-state index contributed by atoms with van der Waals surface area (Å²) in [6.07, 6.45) is -3.27. The quantitative estimate of drug-likeness (QED) is 0.645. The summed E-state index contributed by atoms with van der Waals surface area (Å²) in [5.74, 6) is -0.325. The van der Waals surface area contributed by atoms with Crippen LogP contribution in [-0.2, 0) is 5.41 Å². The predicted octanol–water partition coefficient (Wildman–Crippen LogP) is 4.76. The Bertz CT molecular complexity index is 1010. The Hall–Kier alpha value is -2.75. The van der Waals surface area contributed by atoms with Crippen LogP contribution in [0, 0.1) is 0 Å². The fourth-order valence-corrected chi connectivity index (χ4v) is 4.85. The fourth-order valence-electron chi connectivity index (χ4n) is 4.85. The molecule has 4 rings (SSSR count). The van der Waals surface area contributed by atoms with E-state index >= 15 is 0 Å². The first kappa shape index (κ1) is 25.3. The van der Waals surface area contributed by atoms with Crippen LogP contribution in [0.5, 0.6) is 5.75 Å². The first-order chi connectivity index (χ1) is 16.4. The molecule has 2 aliphatic heterocycles. The molecule has 2 atom stereocenters. The molecule has 0 saturated carbocycles. The van der Waals surface area contributed by atoms with Crippen LogP contribution in [0.2, 0.25) is 0 Å². The number of piperidine rings is 2. The molecule has 0 spiro atoms. The number of hydrogen-bond donors (Lipinski definition) is 2. The standard InChI is InChI=1S/C25H33F3N4O3/c1-24(2,3)22-13-21(29-30-22)18-12-17(16-4-6-20(7-5-16)35-25(26,27)28)14-32(15-18)23(34)31-10-8-19(33)9-11-31/h4-7,13,17-19,33H,8-12,14-15H2,1-3H3,(H,29,30). The summed E-state index contributed by atoms with van der Waals surface area (Å²) in [4.78, 5) is 17.0. The summed E-state index contributed by atoms with van der Waals surface area (Å²) in [5, 5.41) is 17.5. The lowest BCUT2D eigenvalue weighted by atomic mass is 9.82. The number of hydrogen-bond acceptors (Lipinski definition) is 4. The number of carbonyl (C=O) groups excluding carboxylic acids is 1. The largest absolute Gasteiger partial charge is 0.573 e. The SMILES string of the molecule is CC(C)(C)c1cc(C2CC(c3ccc(OC(F)(F)F)cc3)CN(C(=O)N3CCC(O)CC3)C2)[nH]n1. The van der Waals surface area contributed by atoms with Gasteiger partial charge in [-0.15, -0.1) is 13.2 Å². The van der Waals surface area contributed by atoms with Crippen molar-refractivity contribution in [2.24, 2.45) is 0 Å². The summed E-state index contributed by atoms with van der Waals surface area (Å²) in [6.45, 7) is 8.26. The van der Waals surface area contributed by atoms with Gasteiger partial charge in [0, 0.05) is 49.1 Å². The molecule has 7 nitrogen and oxygen atoms in total. The van der Waals surface area contributed by atoms with Crippen molar-refractivity contribution in [2.45, 2.75) is 69.8 Å². The zero-order valence-electron chi connectivity index (χ0n) is 20.3. The number of aliphatic hydroxyl groups is 1. The van der Waals surface area contributed by atoms with Crippen molar-refractivity contribution in [1.29, 1.82) is 0 Å². The zero-order valence-corrected chi connectivity index (χ0v) is 20.3. The number of aromatic nitrogens is 2. The minimum absolute atomic E-state index is 0.00258. The first-order valence-corrected chi connectivity index (χ1v) is 12.0. The number of halogens is 3. The van der Waals surface area contributed by atoms with E-state index in [4.69, 9.17) is 0 Å². The summed E-state index contributed by atoms with van der Waals surface area (Å²) in [7, 11) is 0. The number of alkyl halides is 3. The normalized spacial score (nSPS) is 22.4. The molecule has 2 unspecified atom stereocenters. The van der Waals surface area contributed by atoms with E-state index in [1.807, 2.05) is 11.0 Å². The number of nitrogens with zero attached hydrogens (tertiary/aromatic N) is 3. The number of aromatic amines is 1. The summed E-state index contributed by atoms with van der Waals surface area (Å²) in [6, 6.07) is 7.90. The molecule has 2 N–H and O–H groups in total. The monoisotopic (exact) mass is 494 g/mol. The Kier molecular flexibility index (Phi) is 7.04. The summed E-state index contributed by atoms with van der Waals surface area (Å²) < 4.78 is 41.7. The molecular formula is C25H33F3N4O3. The van der Waals surface area contributed by atoms with Gasteiger partial charge in [-0.25, -0.2) is 4.79 Å². The molecule has 2 aromatic rings. The van der Waals surface area contributed by atoms with Gasteiger partial charge in [0.05, 0.1) is 11.8 Å². The Balaban J connectivity index is 1.57. The van der Waals surface area contributed by atoms with Gasteiger partial charge >= 0.3 is 12.4 Å². The van der Waals surface area contributed by atoms with Gasteiger partial charge in [-0.3, -0.25) is 5.10 Å². The molecule has 1 aromatic heterocycles. The first-order valence-electron chi connectivity index (χ1n) is 12.0. The van der Waals surface area contributed by atoms with Crippen LogP contribution in [0.15, 0.2) is 30.3 Å². The van der Waals surface area contributed by atoms with Crippen molar-refractivity contribution in [3.05, 3.63) is 47.3 Å². The van der Waals surface area contributed by atoms with E-state index in [2.05, 4.69) is 35.7 Å². The lowest BCUT2D eigenvalue weighted by Gasteiger charge is -2.41. The minimum atomic E-state index is -4.74. The van der Waals surface area contributed by atoms with Gasteiger partial charge in [-0.2, -0.15) is 5.10 Å². The van der Waals surface area contributed by atoms with E-state index in [-0.39, 0.29) is 35.1 Å². The van der Waals surface area contributed by atoms with Crippen LogP contribution in [0.1, 0.15) is 68.8 Å². The Labute approximate surface area is 203 Å². The molecule has 35 heavy (non-hydrogen) atoms. The number of benzene rings is 1. The van der Waals surface area contributed by atoms with Crippen LogP contribution in [0.3, 0.4) is 0 Å². The Morgan fingerprint density at radius 3 is 2.26 bits per heavy atom. The average molecular weight is 495 g/mol. The van der Waals surface area contributed by atoms with E-state index in [9.17, 15) is 23.1 Å². The maximum Gasteiger partial charge on any atom is 0.573 e. The molecule has 2 fully saturated rings. The fraction of sp³-hybridized carbons (Fsp3) is 0.600. The van der Waals surface area contributed by atoms with E-state index in [0.717, 1.165) is 23.4 Å². The number of aliphatic hydroxyl groups excluding tert-OH is 1. The number of urea groups is 1. The van der Waals surface area contributed by atoms with Gasteiger partial charge in [-0.05, 0) is 43.0 Å². The number of amides is 2. The highest BCUT2D eigenvalue weighted by Crippen LogP contribution is 2.37. The third-order valence-corrected chi connectivity index (χ3v) is 6.85. The second-order valence-corrected chi connectivity index (χ2v) is 10.6. The molecule has 192 valence electrons. The molecule has 2 aliphatic rings. The maximum atomic E-state index is 13.4. The van der Waals surface area contributed by atoms with Crippen LogP contribution in [0.25, 0.3) is 0 Å². The van der Waals surface area contributed by atoms with Gasteiger partial charge in [0.25, 0.3) is 0 Å². The van der Waals surface area contributed by atoms with Gasteiger partial charge < -0.3 is 19.6 Å². The second-order valence-electron chi connectivity index (χ2n) is 10.6. The lowest BCUT2D eigenvalue weighted by molar-refractivity contribution is -0.274. The number of H-pyrrole nitrogens is 1. The molecule has 2 saturated heterocycles. The van der Waals surface area contributed by atoms with Gasteiger partial charge in [-0.1, -0.05) is 32.9 Å². The van der Waals surface area contributed by atoms with Crippen molar-refractivity contribution in [1.82, 2.24) is 20.0 Å². The molecule has 10 heteroatoms. The summed E-state index contributed by atoms with van der Waals surface area (Å²) in [5.41, 5.74) is 2.61. The number of rotatable bonds is 3. The Morgan fingerprint density at radius 2 is 1.69 bits per heavy atom. The van der Waals surface area contributed by atoms with E-state index < -0.39 is 6.36 Å². The molecular weight excluding hydrogens is 461 g/mol. The molecule has 1 aromatic carbocycles. The molecule has 0 aliphatic carbocycles. The van der Waals surface area contributed by atoms with Crippen molar-refractivity contribution in [3.8, 4) is 5.75 Å². The van der Waals surface area contributed by atoms with Gasteiger partial charge in [0.15, 0.2) is 0 Å².